The summed E-state index contributed by atoms with van der Waals surface area (Å²) in [6.07, 6.45) is 5.75. The Bertz CT molecular complexity index is 749. The van der Waals surface area contributed by atoms with Gasteiger partial charge in [-0.25, -0.2) is 4.98 Å². The van der Waals surface area contributed by atoms with Gasteiger partial charge in [-0.3, -0.25) is 9.78 Å². The number of aromatic nitrogens is 2. The highest BCUT2D eigenvalue weighted by Gasteiger charge is 2.25. The van der Waals surface area contributed by atoms with Crippen LogP contribution in [-0.4, -0.2) is 76.5 Å². The van der Waals surface area contributed by atoms with Crippen LogP contribution in [-0.2, 0) is 0 Å². The fourth-order valence-corrected chi connectivity index (χ4v) is 3.17. The number of likely N-dealkylation sites (N-methyl/N-ethyl adjacent to an activating group) is 1. The maximum absolute atomic E-state index is 12.7. The lowest BCUT2D eigenvalue weighted by molar-refractivity contribution is 0.0594. The van der Waals surface area contributed by atoms with Crippen LogP contribution >= 0.6 is 0 Å². The van der Waals surface area contributed by atoms with Gasteiger partial charge >= 0.3 is 0 Å². The molecule has 3 rings (SSSR count). The van der Waals surface area contributed by atoms with Crippen molar-refractivity contribution in [3.8, 4) is 5.75 Å². The molecule has 2 aromatic heterocycles. The number of nitrogens with zero attached hydrogens (tertiary/aromatic N) is 4. The molecule has 8 heteroatoms. The van der Waals surface area contributed by atoms with Crippen LogP contribution in [0.25, 0.3) is 0 Å². The third-order valence-electron chi connectivity index (χ3n) is 4.75. The van der Waals surface area contributed by atoms with Crippen molar-refractivity contribution in [2.45, 2.75) is 25.0 Å². The monoisotopic (exact) mass is 386 g/mol. The van der Waals surface area contributed by atoms with E-state index in [1.807, 2.05) is 17.0 Å². The van der Waals surface area contributed by atoms with Crippen molar-refractivity contribution in [3.05, 3.63) is 48.4 Å². The third kappa shape index (κ3) is 5.17. The zero-order chi connectivity index (χ0) is 19.9. The molecule has 1 aliphatic heterocycles. The Labute approximate surface area is 164 Å². The van der Waals surface area contributed by atoms with Gasteiger partial charge in [0.25, 0.3) is 5.91 Å². The van der Waals surface area contributed by atoms with Gasteiger partial charge in [-0.1, -0.05) is 0 Å². The highest BCUT2D eigenvalue weighted by atomic mass is 16.5. The van der Waals surface area contributed by atoms with Crippen molar-refractivity contribution in [2.24, 2.45) is 0 Å². The molecule has 1 fully saturated rings. The molecule has 1 aliphatic rings. The number of likely N-dealkylation sites (tertiary alicyclic amines) is 1. The van der Waals surface area contributed by atoms with Crippen molar-refractivity contribution in [3.63, 3.8) is 0 Å². The molecule has 150 valence electrons. The second-order valence-corrected chi connectivity index (χ2v) is 6.92. The second-order valence-electron chi connectivity index (χ2n) is 6.92. The molecule has 0 aromatic carbocycles. The van der Waals surface area contributed by atoms with Gasteiger partial charge in [0.2, 0.25) is 0 Å². The number of carbonyl (C=O) groups is 1. The van der Waals surface area contributed by atoms with E-state index < -0.39 is 6.10 Å². The van der Waals surface area contributed by atoms with E-state index in [0.29, 0.717) is 24.5 Å². The SMILES string of the molecule is CN(C[C@@H](O)CO)c1ccc(C(=O)N2CCC(Oc3cccnc3)CC2)cn1. The molecule has 0 aliphatic carbocycles. The Morgan fingerprint density at radius 1 is 1.32 bits per heavy atom. The number of carbonyl (C=O) groups excluding carboxylic acids is 1. The number of aliphatic hydroxyl groups excluding tert-OH is 2. The third-order valence-corrected chi connectivity index (χ3v) is 4.75. The predicted molar refractivity (Wildman–Crippen MR) is 104 cm³/mol. The first kappa shape index (κ1) is 20.0. The first-order chi connectivity index (χ1) is 13.6. The van der Waals surface area contributed by atoms with Crippen molar-refractivity contribution in [2.75, 3.05) is 38.2 Å². The van der Waals surface area contributed by atoms with Crippen LogP contribution < -0.4 is 9.64 Å². The lowest BCUT2D eigenvalue weighted by Crippen LogP contribution is -2.41. The molecule has 0 unspecified atom stereocenters. The van der Waals surface area contributed by atoms with Crippen LogP contribution in [0, 0.1) is 0 Å². The summed E-state index contributed by atoms with van der Waals surface area (Å²) < 4.78 is 5.92. The van der Waals surface area contributed by atoms with Crippen molar-refractivity contribution in [1.29, 1.82) is 0 Å². The lowest BCUT2D eigenvalue weighted by Gasteiger charge is -2.32. The molecule has 1 amide bonds. The highest BCUT2D eigenvalue weighted by Crippen LogP contribution is 2.20. The summed E-state index contributed by atoms with van der Waals surface area (Å²) in [6, 6.07) is 7.21. The van der Waals surface area contributed by atoms with Gasteiger partial charge < -0.3 is 24.7 Å². The normalized spacial score (nSPS) is 15.9. The van der Waals surface area contributed by atoms with Gasteiger partial charge in [-0.2, -0.15) is 0 Å². The van der Waals surface area contributed by atoms with Crippen LogP contribution in [0.4, 0.5) is 5.82 Å². The van der Waals surface area contributed by atoms with E-state index in [9.17, 15) is 9.90 Å². The number of amides is 1. The average Bonchev–Trinajstić information content (AvgIpc) is 2.74. The van der Waals surface area contributed by atoms with Crippen LogP contribution in [0.1, 0.15) is 23.2 Å². The van der Waals surface area contributed by atoms with Crippen LogP contribution in [0.5, 0.6) is 5.75 Å². The summed E-state index contributed by atoms with van der Waals surface area (Å²) in [5.41, 5.74) is 0.534. The fraction of sp³-hybridized carbons (Fsp3) is 0.450. The first-order valence-corrected chi connectivity index (χ1v) is 9.39. The zero-order valence-electron chi connectivity index (χ0n) is 15.9. The topological polar surface area (TPSA) is 99.0 Å². The Balaban J connectivity index is 1.52. The first-order valence-electron chi connectivity index (χ1n) is 9.39. The molecule has 3 heterocycles. The second kappa shape index (κ2) is 9.48. The van der Waals surface area contributed by atoms with Crippen molar-refractivity contribution in [1.82, 2.24) is 14.9 Å². The van der Waals surface area contributed by atoms with Gasteiger partial charge in [0.15, 0.2) is 0 Å². The van der Waals surface area contributed by atoms with E-state index in [-0.39, 0.29) is 25.2 Å². The van der Waals surface area contributed by atoms with Crippen LogP contribution in [0.3, 0.4) is 0 Å². The molecular formula is C20H26N4O4. The summed E-state index contributed by atoms with van der Waals surface area (Å²) >= 11 is 0. The molecule has 2 aromatic rings. The number of anilines is 1. The van der Waals surface area contributed by atoms with Crippen LogP contribution in [0.2, 0.25) is 0 Å². The van der Waals surface area contributed by atoms with Gasteiger partial charge in [-0.15, -0.1) is 0 Å². The number of hydrogen-bond acceptors (Lipinski definition) is 7. The lowest BCUT2D eigenvalue weighted by atomic mass is 10.1. The van der Waals surface area contributed by atoms with E-state index >= 15 is 0 Å². The molecule has 28 heavy (non-hydrogen) atoms. The van der Waals surface area contributed by atoms with E-state index in [0.717, 1.165) is 18.6 Å². The number of hydrogen-bond donors (Lipinski definition) is 2. The molecule has 0 radical (unpaired) electrons. The average molecular weight is 386 g/mol. The standard InChI is InChI=1S/C20H26N4O4/c1-23(13-16(26)14-25)19-5-4-15(11-22-19)20(27)24-9-6-17(7-10-24)28-18-3-2-8-21-12-18/h2-5,8,11-12,16-17,25-26H,6-7,9-10,13-14H2,1H3/t16-/m1/s1. The molecule has 0 spiro atoms. The quantitative estimate of drug-likeness (QED) is 0.731. The molecule has 2 N–H and O–H groups in total. The summed E-state index contributed by atoms with van der Waals surface area (Å²) in [5.74, 6) is 1.34. The minimum atomic E-state index is -0.830. The highest BCUT2D eigenvalue weighted by molar-refractivity contribution is 5.94. The Kier molecular flexibility index (Phi) is 6.78. The maximum atomic E-state index is 12.7. The Morgan fingerprint density at radius 3 is 2.71 bits per heavy atom. The summed E-state index contributed by atoms with van der Waals surface area (Å²) in [7, 11) is 1.77. The van der Waals surface area contributed by atoms with E-state index in [2.05, 4.69) is 9.97 Å². The Morgan fingerprint density at radius 2 is 2.11 bits per heavy atom. The molecule has 0 bridgehead atoms. The van der Waals surface area contributed by atoms with Crippen molar-refractivity contribution >= 4 is 11.7 Å². The number of ether oxygens (including phenoxy) is 1. The van der Waals surface area contributed by atoms with Gasteiger partial charge in [-0.05, 0) is 24.3 Å². The minimum absolute atomic E-state index is 0.0445. The molecule has 1 saturated heterocycles. The molecular weight excluding hydrogens is 360 g/mol. The molecule has 0 saturated carbocycles. The van der Waals surface area contributed by atoms with Crippen molar-refractivity contribution < 1.29 is 19.7 Å². The number of pyridine rings is 2. The maximum Gasteiger partial charge on any atom is 0.255 e. The minimum Gasteiger partial charge on any atom is -0.489 e. The number of rotatable bonds is 7. The number of aliphatic hydroxyl groups is 2. The fourth-order valence-electron chi connectivity index (χ4n) is 3.17. The number of piperidine rings is 1. The zero-order valence-corrected chi connectivity index (χ0v) is 15.9. The van der Waals surface area contributed by atoms with Crippen LogP contribution in [0.15, 0.2) is 42.9 Å². The van der Waals surface area contributed by atoms with E-state index in [4.69, 9.17) is 9.84 Å². The van der Waals surface area contributed by atoms with Gasteiger partial charge in [0, 0.05) is 51.9 Å². The largest absolute Gasteiger partial charge is 0.489 e. The summed E-state index contributed by atoms with van der Waals surface area (Å²) in [4.78, 5) is 24.6. The molecule has 8 nitrogen and oxygen atoms in total. The Hall–Kier alpha value is -2.71. The summed E-state index contributed by atoms with van der Waals surface area (Å²) in [6.45, 7) is 1.23. The van der Waals surface area contributed by atoms with Gasteiger partial charge in [0.1, 0.15) is 17.7 Å². The summed E-state index contributed by atoms with van der Waals surface area (Å²) in [5, 5.41) is 18.5. The van der Waals surface area contributed by atoms with Gasteiger partial charge in [0.05, 0.1) is 24.5 Å². The van der Waals surface area contributed by atoms with E-state index in [1.54, 1.807) is 42.7 Å². The predicted octanol–water partition coefficient (Wildman–Crippen LogP) is 0.950. The molecule has 1 atom stereocenters. The smallest absolute Gasteiger partial charge is 0.255 e. The van der Waals surface area contributed by atoms with E-state index in [1.165, 1.54) is 0 Å².